The number of hydrogen-bond donors (Lipinski definition) is 3. The van der Waals surface area contributed by atoms with Crippen LogP contribution in [0.2, 0.25) is 0 Å². The highest BCUT2D eigenvalue weighted by Crippen LogP contribution is 2.47. The Morgan fingerprint density at radius 2 is 1.59 bits per heavy atom. The van der Waals surface area contributed by atoms with Crippen LogP contribution < -0.4 is 16.4 Å². The lowest BCUT2D eigenvalue weighted by atomic mass is 9.84. The minimum absolute atomic E-state index is 0. The van der Waals surface area contributed by atoms with Gasteiger partial charge in [0.1, 0.15) is 0 Å². The van der Waals surface area contributed by atoms with Crippen LogP contribution in [0.1, 0.15) is 61.7 Å². The van der Waals surface area contributed by atoms with Gasteiger partial charge in [-0.3, -0.25) is 9.59 Å². The summed E-state index contributed by atoms with van der Waals surface area (Å²) in [5.74, 6) is 0.897. The van der Waals surface area contributed by atoms with Crippen molar-refractivity contribution in [2.24, 2.45) is 23.5 Å². The Morgan fingerprint density at radius 1 is 0.926 bits per heavy atom. The van der Waals surface area contributed by atoms with E-state index >= 15 is 0 Å². The second-order valence-electron chi connectivity index (χ2n) is 8.31. The highest BCUT2D eigenvalue weighted by Gasteiger charge is 2.49. The van der Waals surface area contributed by atoms with Crippen LogP contribution in [0.3, 0.4) is 0 Å². The molecule has 3 saturated carbocycles. The van der Waals surface area contributed by atoms with Crippen LogP contribution in [0, 0.1) is 17.8 Å². The fraction of sp³-hybridized carbons (Fsp3) is 0.619. The van der Waals surface area contributed by atoms with E-state index in [9.17, 15) is 9.59 Å². The highest BCUT2D eigenvalue weighted by atomic mass is 35.5. The molecule has 6 heteroatoms. The molecule has 2 amide bonds. The molecule has 3 fully saturated rings. The lowest BCUT2D eigenvalue weighted by molar-refractivity contribution is -0.121. The summed E-state index contributed by atoms with van der Waals surface area (Å²) in [6.07, 6.45) is 9.19. The molecular formula is C21H30ClN3O2. The van der Waals surface area contributed by atoms with E-state index in [-0.39, 0.29) is 36.2 Å². The second kappa shape index (κ2) is 8.61. The van der Waals surface area contributed by atoms with Crippen LogP contribution in [-0.4, -0.2) is 23.9 Å². The van der Waals surface area contributed by atoms with Crippen LogP contribution in [0.5, 0.6) is 0 Å². The summed E-state index contributed by atoms with van der Waals surface area (Å²) in [6, 6.07) is 7.49. The van der Waals surface area contributed by atoms with Gasteiger partial charge < -0.3 is 16.4 Å². The summed E-state index contributed by atoms with van der Waals surface area (Å²) >= 11 is 0. The molecule has 3 aliphatic rings. The number of anilines is 1. The molecule has 0 heterocycles. The summed E-state index contributed by atoms with van der Waals surface area (Å²) in [5.41, 5.74) is 7.64. The first kappa shape index (κ1) is 20.2. The van der Waals surface area contributed by atoms with Gasteiger partial charge in [-0.1, -0.05) is 19.3 Å². The van der Waals surface area contributed by atoms with Gasteiger partial charge in [0, 0.05) is 23.3 Å². The zero-order chi connectivity index (χ0) is 18.1. The maximum Gasteiger partial charge on any atom is 0.251 e. The summed E-state index contributed by atoms with van der Waals surface area (Å²) in [6.45, 7) is 0. The van der Waals surface area contributed by atoms with E-state index in [1.165, 1.54) is 25.7 Å². The summed E-state index contributed by atoms with van der Waals surface area (Å²) in [5, 5.41) is 6.12. The first-order valence-electron chi connectivity index (χ1n) is 10.1. The Bertz CT molecular complexity index is 671. The predicted molar refractivity (Wildman–Crippen MR) is 109 cm³/mol. The topological polar surface area (TPSA) is 84.2 Å². The Kier molecular flexibility index (Phi) is 6.43. The number of amides is 2. The van der Waals surface area contributed by atoms with Crippen LogP contribution in [0.4, 0.5) is 5.69 Å². The van der Waals surface area contributed by atoms with Gasteiger partial charge >= 0.3 is 0 Å². The molecule has 1 aromatic rings. The Balaban J connectivity index is 0.00000210. The average molecular weight is 392 g/mol. The SMILES string of the molecule is Cl.NC1C2CCC(C2)C1C(=O)Nc1ccc(C(=O)NC2CCCCC2)cc1. The molecule has 4 atom stereocenters. The van der Waals surface area contributed by atoms with Gasteiger partial charge in [0.15, 0.2) is 0 Å². The van der Waals surface area contributed by atoms with Crippen LogP contribution in [0.25, 0.3) is 0 Å². The molecule has 0 aromatic heterocycles. The maximum absolute atomic E-state index is 12.6. The molecule has 0 spiro atoms. The first-order chi connectivity index (χ1) is 12.6. The zero-order valence-electron chi connectivity index (χ0n) is 15.7. The van der Waals surface area contributed by atoms with Crippen LogP contribution in [-0.2, 0) is 4.79 Å². The van der Waals surface area contributed by atoms with E-state index < -0.39 is 0 Å². The second-order valence-corrected chi connectivity index (χ2v) is 8.31. The van der Waals surface area contributed by atoms with E-state index in [0.29, 0.717) is 23.4 Å². The van der Waals surface area contributed by atoms with Crippen molar-refractivity contribution in [1.29, 1.82) is 0 Å². The van der Waals surface area contributed by atoms with Crippen molar-refractivity contribution in [3.05, 3.63) is 29.8 Å². The highest BCUT2D eigenvalue weighted by molar-refractivity contribution is 5.96. The fourth-order valence-electron chi connectivity index (χ4n) is 5.17. The third kappa shape index (κ3) is 4.30. The van der Waals surface area contributed by atoms with Crippen molar-refractivity contribution in [3.8, 4) is 0 Å². The fourth-order valence-corrected chi connectivity index (χ4v) is 5.17. The van der Waals surface area contributed by atoms with Gasteiger partial charge in [0.25, 0.3) is 5.91 Å². The van der Waals surface area contributed by atoms with Crippen molar-refractivity contribution in [2.75, 3.05) is 5.32 Å². The number of nitrogens with two attached hydrogens (primary N) is 1. The molecule has 148 valence electrons. The summed E-state index contributed by atoms with van der Waals surface area (Å²) in [7, 11) is 0. The van der Waals surface area contributed by atoms with Crippen molar-refractivity contribution < 1.29 is 9.59 Å². The quantitative estimate of drug-likeness (QED) is 0.734. The Morgan fingerprint density at radius 3 is 2.22 bits per heavy atom. The largest absolute Gasteiger partial charge is 0.349 e. The molecule has 5 nitrogen and oxygen atoms in total. The molecular weight excluding hydrogens is 362 g/mol. The summed E-state index contributed by atoms with van der Waals surface area (Å²) in [4.78, 5) is 25.0. The van der Waals surface area contributed by atoms with Gasteiger partial charge in [0.2, 0.25) is 5.91 Å². The van der Waals surface area contributed by atoms with Crippen LogP contribution >= 0.6 is 12.4 Å². The van der Waals surface area contributed by atoms with E-state index in [2.05, 4.69) is 10.6 Å². The Hall–Kier alpha value is -1.59. The molecule has 4 N–H and O–H groups in total. The third-order valence-electron chi connectivity index (χ3n) is 6.64. The van der Waals surface area contributed by atoms with Crippen molar-refractivity contribution in [1.82, 2.24) is 5.32 Å². The third-order valence-corrected chi connectivity index (χ3v) is 6.64. The van der Waals surface area contributed by atoms with Crippen molar-refractivity contribution in [3.63, 3.8) is 0 Å². The zero-order valence-corrected chi connectivity index (χ0v) is 16.5. The Labute approximate surface area is 167 Å². The van der Waals surface area contributed by atoms with E-state index in [4.69, 9.17) is 5.73 Å². The first-order valence-corrected chi connectivity index (χ1v) is 10.1. The molecule has 0 saturated heterocycles. The molecule has 1 aromatic carbocycles. The number of benzene rings is 1. The minimum Gasteiger partial charge on any atom is -0.349 e. The number of halogens is 1. The van der Waals surface area contributed by atoms with Crippen molar-refractivity contribution >= 4 is 29.9 Å². The standard InChI is InChI=1S/C21H29N3O2.ClH/c22-19-15-7-6-14(12-15)18(19)21(26)24-17-10-8-13(9-11-17)20(25)23-16-4-2-1-3-5-16;/h8-11,14-16,18-19H,1-7,12,22H2,(H,23,25)(H,24,26);1H. The number of nitrogens with one attached hydrogen (secondary N) is 2. The lowest BCUT2D eigenvalue weighted by Crippen LogP contribution is -2.42. The monoisotopic (exact) mass is 391 g/mol. The smallest absolute Gasteiger partial charge is 0.251 e. The van der Waals surface area contributed by atoms with E-state index in [0.717, 1.165) is 31.4 Å². The van der Waals surface area contributed by atoms with Gasteiger partial charge in [-0.05, 0) is 68.2 Å². The van der Waals surface area contributed by atoms with Gasteiger partial charge in [-0.25, -0.2) is 0 Å². The van der Waals surface area contributed by atoms with Gasteiger partial charge in [-0.2, -0.15) is 0 Å². The number of carbonyl (C=O) groups excluding carboxylic acids is 2. The number of carbonyl (C=O) groups is 2. The van der Waals surface area contributed by atoms with Gasteiger partial charge in [0.05, 0.1) is 5.92 Å². The molecule has 4 rings (SSSR count). The molecule has 3 aliphatic carbocycles. The summed E-state index contributed by atoms with van der Waals surface area (Å²) < 4.78 is 0. The molecule has 27 heavy (non-hydrogen) atoms. The molecule has 0 radical (unpaired) electrons. The molecule has 0 aliphatic heterocycles. The average Bonchev–Trinajstić information content (AvgIpc) is 3.24. The van der Waals surface area contributed by atoms with E-state index in [1.54, 1.807) is 12.1 Å². The number of rotatable bonds is 4. The normalized spacial score (nSPS) is 29.8. The lowest BCUT2D eigenvalue weighted by Gasteiger charge is -2.27. The van der Waals surface area contributed by atoms with Gasteiger partial charge in [-0.15, -0.1) is 12.4 Å². The number of fused-ring (bicyclic) bond motifs is 2. The predicted octanol–water partition coefficient (Wildman–Crippen LogP) is 3.48. The van der Waals surface area contributed by atoms with E-state index in [1.807, 2.05) is 12.1 Å². The van der Waals surface area contributed by atoms with Crippen LogP contribution in [0.15, 0.2) is 24.3 Å². The number of hydrogen-bond acceptors (Lipinski definition) is 3. The molecule has 2 bridgehead atoms. The maximum atomic E-state index is 12.6. The van der Waals surface area contributed by atoms with Crippen molar-refractivity contribution in [2.45, 2.75) is 63.5 Å². The minimum atomic E-state index is -0.0666. The molecule has 4 unspecified atom stereocenters.